The second-order valence-electron chi connectivity index (χ2n) is 3.47. The lowest BCUT2D eigenvalue weighted by Crippen LogP contribution is -2.30. The molecule has 0 radical (unpaired) electrons. The van der Waals surface area contributed by atoms with Crippen LogP contribution in [0.2, 0.25) is 0 Å². The van der Waals surface area contributed by atoms with E-state index in [0.29, 0.717) is 18.7 Å². The number of carbonyl (C=O) groups excluding carboxylic acids is 1. The predicted molar refractivity (Wildman–Crippen MR) is 63.3 cm³/mol. The number of aliphatic hydroxyl groups is 1. The Balaban J connectivity index is 2.34. The van der Waals surface area contributed by atoms with Gasteiger partial charge in [0.25, 0.3) is 11.6 Å². The second kappa shape index (κ2) is 7.23. The molecule has 0 heterocycles. The highest BCUT2D eigenvalue weighted by Crippen LogP contribution is 2.16. The molecule has 0 unspecified atom stereocenters. The molecule has 0 spiro atoms. The number of nitro groups is 1. The van der Waals surface area contributed by atoms with Gasteiger partial charge in [-0.2, -0.15) is 0 Å². The summed E-state index contributed by atoms with van der Waals surface area (Å²) in [5.41, 5.74) is -0.0326. The molecule has 0 atom stereocenters. The van der Waals surface area contributed by atoms with E-state index in [9.17, 15) is 14.9 Å². The fraction of sp³-hybridized carbons (Fsp3) is 0.364. The average Bonchev–Trinajstić information content (AvgIpc) is 2.37. The fourth-order valence-corrected chi connectivity index (χ4v) is 1.17. The summed E-state index contributed by atoms with van der Waals surface area (Å²) in [6.07, 6.45) is 0.489. The maximum atomic E-state index is 11.2. The van der Waals surface area contributed by atoms with Crippen LogP contribution in [0.4, 0.5) is 5.69 Å². The lowest BCUT2D eigenvalue weighted by atomic mass is 10.3. The summed E-state index contributed by atoms with van der Waals surface area (Å²) in [6.45, 7) is 0.242. The Labute approximate surface area is 104 Å². The van der Waals surface area contributed by atoms with Crippen molar-refractivity contribution in [3.63, 3.8) is 0 Å². The number of benzene rings is 1. The monoisotopic (exact) mass is 254 g/mol. The van der Waals surface area contributed by atoms with Crippen molar-refractivity contribution >= 4 is 11.6 Å². The normalized spacial score (nSPS) is 9.83. The van der Waals surface area contributed by atoms with Gasteiger partial charge >= 0.3 is 0 Å². The average molecular weight is 254 g/mol. The number of nitrogens with zero attached hydrogens (tertiary/aromatic N) is 1. The van der Waals surface area contributed by atoms with Crippen LogP contribution in [0.5, 0.6) is 5.75 Å². The van der Waals surface area contributed by atoms with Crippen molar-refractivity contribution < 1.29 is 19.6 Å². The fourth-order valence-electron chi connectivity index (χ4n) is 1.17. The zero-order chi connectivity index (χ0) is 13.4. The van der Waals surface area contributed by atoms with Gasteiger partial charge in [-0.05, 0) is 18.6 Å². The third-order valence-corrected chi connectivity index (χ3v) is 2.07. The molecule has 1 rings (SSSR count). The number of hydrogen-bond acceptors (Lipinski definition) is 5. The van der Waals surface area contributed by atoms with Gasteiger partial charge in [0.15, 0.2) is 6.61 Å². The van der Waals surface area contributed by atoms with Crippen molar-refractivity contribution in [1.29, 1.82) is 0 Å². The summed E-state index contributed by atoms with van der Waals surface area (Å²) in [5, 5.41) is 21.5. The van der Waals surface area contributed by atoms with Crippen LogP contribution in [0.25, 0.3) is 0 Å². The summed E-state index contributed by atoms with van der Waals surface area (Å²) in [5.74, 6) is 0.0831. The van der Waals surface area contributed by atoms with Crippen molar-refractivity contribution in [2.75, 3.05) is 19.8 Å². The lowest BCUT2D eigenvalue weighted by Gasteiger charge is -2.06. The van der Waals surface area contributed by atoms with E-state index in [-0.39, 0.29) is 24.8 Å². The summed E-state index contributed by atoms with van der Waals surface area (Å²) in [4.78, 5) is 21.1. The SMILES string of the molecule is O=C(COc1ccc([N+](=O)[O-])cc1)NCCCO. The number of amides is 1. The lowest BCUT2D eigenvalue weighted by molar-refractivity contribution is -0.384. The molecule has 7 heteroatoms. The molecule has 98 valence electrons. The number of hydrogen-bond donors (Lipinski definition) is 2. The highest BCUT2D eigenvalue weighted by molar-refractivity contribution is 5.77. The molecular formula is C11H14N2O5. The van der Waals surface area contributed by atoms with Gasteiger partial charge in [-0.25, -0.2) is 0 Å². The first-order valence-corrected chi connectivity index (χ1v) is 5.38. The van der Waals surface area contributed by atoms with Crippen LogP contribution in [-0.2, 0) is 4.79 Å². The molecule has 0 saturated carbocycles. The molecule has 1 amide bonds. The van der Waals surface area contributed by atoms with E-state index in [1.807, 2.05) is 0 Å². The van der Waals surface area contributed by atoms with Crippen LogP contribution < -0.4 is 10.1 Å². The van der Waals surface area contributed by atoms with Crippen molar-refractivity contribution in [3.8, 4) is 5.75 Å². The molecule has 0 saturated heterocycles. The minimum absolute atomic E-state index is 0.0174. The molecular weight excluding hydrogens is 240 g/mol. The highest BCUT2D eigenvalue weighted by Gasteiger charge is 2.06. The van der Waals surface area contributed by atoms with Crippen molar-refractivity contribution in [1.82, 2.24) is 5.32 Å². The molecule has 0 aliphatic heterocycles. The summed E-state index contributed by atoms with van der Waals surface area (Å²) >= 11 is 0. The first-order chi connectivity index (χ1) is 8.63. The van der Waals surface area contributed by atoms with Gasteiger partial charge in [0.05, 0.1) is 4.92 Å². The Morgan fingerprint density at radius 3 is 2.61 bits per heavy atom. The number of rotatable bonds is 7. The maximum Gasteiger partial charge on any atom is 0.269 e. The third kappa shape index (κ3) is 4.79. The van der Waals surface area contributed by atoms with Gasteiger partial charge in [0.1, 0.15) is 5.75 Å². The number of aliphatic hydroxyl groups excluding tert-OH is 1. The second-order valence-corrected chi connectivity index (χ2v) is 3.47. The van der Waals surface area contributed by atoms with Crippen LogP contribution in [0.15, 0.2) is 24.3 Å². The summed E-state index contributed by atoms with van der Waals surface area (Å²) in [6, 6.07) is 5.47. The molecule has 18 heavy (non-hydrogen) atoms. The third-order valence-electron chi connectivity index (χ3n) is 2.07. The van der Waals surface area contributed by atoms with Gasteiger partial charge in [0, 0.05) is 25.3 Å². The minimum Gasteiger partial charge on any atom is -0.484 e. The Kier molecular flexibility index (Phi) is 5.59. The number of non-ortho nitro benzene ring substituents is 1. The van der Waals surface area contributed by atoms with E-state index in [4.69, 9.17) is 9.84 Å². The predicted octanol–water partition coefficient (Wildman–Crippen LogP) is 0.472. The molecule has 2 N–H and O–H groups in total. The molecule has 0 aliphatic rings. The minimum atomic E-state index is -0.509. The Morgan fingerprint density at radius 2 is 2.06 bits per heavy atom. The van der Waals surface area contributed by atoms with Gasteiger partial charge in [0.2, 0.25) is 0 Å². The molecule has 0 aromatic heterocycles. The smallest absolute Gasteiger partial charge is 0.269 e. The standard InChI is InChI=1S/C11H14N2O5/c14-7-1-6-12-11(15)8-18-10-4-2-9(3-5-10)13(16)17/h2-5,14H,1,6-8H2,(H,12,15). The van der Waals surface area contributed by atoms with Gasteiger partial charge < -0.3 is 15.2 Å². The van der Waals surface area contributed by atoms with E-state index in [1.165, 1.54) is 24.3 Å². The Morgan fingerprint density at radius 1 is 1.39 bits per heavy atom. The van der Waals surface area contributed by atoms with Crippen molar-refractivity contribution in [2.45, 2.75) is 6.42 Å². The Hall–Kier alpha value is -2.15. The van der Waals surface area contributed by atoms with Crippen LogP contribution >= 0.6 is 0 Å². The number of ether oxygens (including phenoxy) is 1. The first-order valence-electron chi connectivity index (χ1n) is 5.38. The molecule has 0 aliphatic carbocycles. The van der Waals surface area contributed by atoms with E-state index in [0.717, 1.165) is 0 Å². The largest absolute Gasteiger partial charge is 0.484 e. The van der Waals surface area contributed by atoms with Crippen LogP contribution in [0, 0.1) is 10.1 Å². The molecule has 1 aromatic rings. The van der Waals surface area contributed by atoms with E-state index < -0.39 is 4.92 Å². The van der Waals surface area contributed by atoms with Crippen molar-refractivity contribution in [3.05, 3.63) is 34.4 Å². The zero-order valence-electron chi connectivity index (χ0n) is 9.67. The quantitative estimate of drug-likeness (QED) is 0.418. The summed E-state index contributed by atoms with van der Waals surface area (Å²) < 4.78 is 5.14. The Bertz CT molecular complexity index is 404. The molecule has 0 fully saturated rings. The van der Waals surface area contributed by atoms with Gasteiger partial charge in [-0.1, -0.05) is 0 Å². The van der Waals surface area contributed by atoms with Gasteiger partial charge in [-0.15, -0.1) is 0 Å². The first kappa shape index (κ1) is 13.9. The number of carbonyl (C=O) groups is 1. The molecule has 1 aromatic carbocycles. The van der Waals surface area contributed by atoms with Crippen LogP contribution in [0.3, 0.4) is 0 Å². The number of nitrogens with one attached hydrogen (secondary N) is 1. The topological polar surface area (TPSA) is 102 Å². The highest BCUT2D eigenvalue weighted by atomic mass is 16.6. The summed E-state index contributed by atoms with van der Waals surface area (Å²) in [7, 11) is 0. The molecule has 7 nitrogen and oxygen atoms in total. The van der Waals surface area contributed by atoms with Gasteiger partial charge in [-0.3, -0.25) is 14.9 Å². The van der Waals surface area contributed by atoms with E-state index >= 15 is 0 Å². The van der Waals surface area contributed by atoms with Crippen molar-refractivity contribution in [2.24, 2.45) is 0 Å². The van der Waals surface area contributed by atoms with Crippen LogP contribution in [-0.4, -0.2) is 35.7 Å². The van der Waals surface area contributed by atoms with Crippen LogP contribution in [0.1, 0.15) is 6.42 Å². The maximum absolute atomic E-state index is 11.2. The van der Waals surface area contributed by atoms with E-state index in [2.05, 4.69) is 5.32 Å². The number of nitro benzene ring substituents is 1. The molecule has 0 bridgehead atoms. The zero-order valence-corrected chi connectivity index (χ0v) is 9.67. The van der Waals surface area contributed by atoms with E-state index in [1.54, 1.807) is 0 Å².